The van der Waals surface area contributed by atoms with Crippen molar-refractivity contribution in [3.63, 3.8) is 0 Å². The maximum absolute atomic E-state index is 13.1. The molecule has 1 atom stereocenters. The molecule has 92 valence electrons. The molecule has 1 N–H and O–H groups in total. The summed E-state index contributed by atoms with van der Waals surface area (Å²) >= 11 is 0. The largest absolute Gasteiger partial charge is 0.472 e. The standard InChI is InChI=1S/C14H12FNO2/c1-16-14(9-4-5-17-8-9)13-7-10-6-11(15)2-3-12(10)18-13/h2-8,14,16H,1H3. The summed E-state index contributed by atoms with van der Waals surface area (Å²) in [6.07, 6.45) is 3.27. The summed E-state index contributed by atoms with van der Waals surface area (Å²) in [5, 5.41) is 3.91. The molecule has 3 rings (SSSR count). The molecule has 0 aliphatic rings. The fourth-order valence-corrected chi connectivity index (χ4v) is 2.09. The van der Waals surface area contributed by atoms with Gasteiger partial charge in [-0.2, -0.15) is 0 Å². The summed E-state index contributed by atoms with van der Waals surface area (Å²) in [6.45, 7) is 0. The Morgan fingerprint density at radius 1 is 1.22 bits per heavy atom. The molecule has 2 heterocycles. The zero-order valence-electron chi connectivity index (χ0n) is 9.81. The first-order valence-corrected chi connectivity index (χ1v) is 5.66. The molecular formula is C14H12FNO2. The molecule has 18 heavy (non-hydrogen) atoms. The van der Waals surface area contributed by atoms with Gasteiger partial charge in [0.05, 0.1) is 18.6 Å². The Hall–Kier alpha value is -2.07. The highest BCUT2D eigenvalue weighted by atomic mass is 19.1. The lowest BCUT2D eigenvalue weighted by Gasteiger charge is -2.10. The third-order valence-electron chi connectivity index (χ3n) is 2.95. The van der Waals surface area contributed by atoms with Crippen molar-refractivity contribution in [2.24, 2.45) is 0 Å². The second-order valence-corrected chi connectivity index (χ2v) is 4.11. The third-order valence-corrected chi connectivity index (χ3v) is 2.95. The van der Waals surface area contributed by atoms with Gasteiger partial charge in [0.2, 0.25) is 0 Å². The van der Waals surface area contributed by atoms with Crippen molar-refractivity contribution >= 4 is 11.0 Å². The molecule has 2 aromatic heterocycles. The van der Waals surface area contributed by atoms with Crippen LogP contribution < -0.4 is 5.32 Å². The van der Waals surface area contributed by atoms with Crippen LogP contribution in [-0.2, 0) is 0 Å². The van der Waals surface area contributed by atoms with Gasteiger partial charge in [0, 0.05) is 10.9 Å². The van der Waals surface area contributed by atoms with Crippen molar-refractivity contribution < 1.29 is 13.2 Å². The number of nitrogens with one attached hydrogen (secondary N) is 1. The molecule has 0 amide bonds. The Bertz CT molecular complexity index is 658. The van der Waals surface area contributed by atoms with Gasteiger partial charge in [0.15, 0.2) is 0 Å². The first-order valence-electron chi connectivity index (χ1n) is 5.66. The average Bonchev–Trinajstić information content (AvgIpc) is 2.98. The van der Waals surface area contributed by atoms with Crippen molar-refractivity contribution in [3.8, 4) is 0 Å². The Kier molecular flexibility index (Phi) is 2.64. The number of furan rings is 2. The average molecular weight is 245 g/mol. The number of fused-ring (bicyclic) bond motifs is 1. The van der Waals surface area contributed by atoms with Crippen LogP contribution in [0.4, 0.5) is 4.39 Å². The van der Waals surface area contributed by atoms with Gasteiger partial charge in [-0.25, -0.2) is 4.39 Å². The van der Waals surface area contributed by atoms with E-state index < -0.39 is 0 Å². The number of hydrogen-bond donors (Lipinski definition) is 1. The fourth-order valence-electron chi connectivity index (χ4n) is 2.09. The van der Waals surface area contributed by atoms with Crippen LogP contribution in [0.15, 0.2) is 51.7 Å². The lowest BCUT2D eigenvalue weighted by molar-refractivity contribution is 0.485. The molecule has 0 aliphatic heterocycles. The normalized spacial score (nSPS) is 13.0. The summed E-state index contributed by atoms with van der Waals surface area (Å²) in [5.41, 5.74) is 1.65. The van der Waals surface area contributed by atoms with Crippen molar-refractivity contribution in [1.29, 1.82) is 0 Å². The van der Waals surface area contributed by atoms with E-state index in [4.69, 9.17) is 8.83 Å². The molecule has 3 nitrogen and oxygen atoms in total. The van der Waals surface area contributed by atoms with Crippen LogP contribution in [0.5, 0.6) is 0 Å². The molecule has 0 bridgehead atoms. The van der Waals surface area contributed by atoms with Crippen LogP contribution in [0, 0.1) is 5.82 Å². The molecule has 0 saturated heterocycles. The highest BCUT2D eigenvalue weighted by Gasteiger charge is 2.17. The predicted molar refractivity (Wildman–Crippen MR) is 65.8 cm³/mol. The number of benzene rings is 1. The summed E-state index contributed by atoms with van der Waals surface area (Å²) in [7, 11) is 1.84. The Labute approximate surface area is 103 Å². The second-order valence-electron chi connectivity index (χ2n) is 4.11. The zero-order chi connectivity index (χ0) is 12.5. The van der Waals surface area contributed by atoms with Gasteiger partial charge in [-0.05, 0) is 37.4 Å². The summed E-state index contributed by atoms with van der Waals surface area (Å²) in [6, 6.07) is 8.10. The van der Waals surface area contributed by atoms with Crippen molar-refractivity contribution in [1.82, 2.24) is 5.32 Å². The van der Waals surface area contributed by atoms with Gasteiger partial charge >= 0.3 is 0 Å². The van der Waals surface area contributed by atoms with Crippen molar-refractivity contribution in [2.75, 3.05) is 7.05 Å². The zero-order valence-corrected chi connectivity index (χ0v) is 9.81. The van der Waals surface area contributed by atoms with E-state index in [-0.39, 0.29) is 11.9 Å². The first kappa shape index (κ1) is 11.0. The minimum Gasteiger partial charge on any atom is -0.472 e. The summed E-state index contributed by atoms with van der Waals surface area (Å²) in [5.74, 6) is 0.471. The lowest BCUT2D eigenvalue weighted by Crippen LogP contribution is -2.16. The molecule has 3 aromatic rings. The summed E-state index contributed by atoms with van der Waals surface area (Å²) in [4.78, 5) is 0. The molecule has 0 fully saturated rings. The van der Waals surface area contributed by atoms with E-state index in [2.05, 4.69) is 5.32 Å². The Morgan fingerprint density at radius 2 is 2.11 bits per heavy atom. The van der Waals surface area contributed by atoms with Crippen LogP contribution in [-0.4, -0.2) is 7.05 Å². The van der Waals surface area contributed by atoms with E-state index in [1.807, 2.05) is 19.2 Å². The topological polar surface area (TPSA) is 38.3 Å². The molecule has 0 radical (unpaired) electrons. The number of rotatable bonds is 3. The minimum absolute atomic E-state index is 0.0980. The second kappa shape index (κ2) is 4.31. The monoisotopic (exact) mass is 245 g/mol. The molecule has 4 heteroatoms. The van der Waals surface area contributed by atoms with E-state index in [9.17, 15) is 4.39 Å². The van der Waals surface area contributed by atoms with E-state index in [1.54, 1.807) is 18.6 Å². The molecular weight excluding hydrogens is 233 g/mol. The Balaban J connectivity index is 2.07. The van der Waals surface area contributed by atoms with Gasteiger partial charge in [-0.15, -0.1) is 0 Å². The van der Waals surface area contributed by atoms with E-state index >= 15 is 0 Å². The van der Waals surface area contributed by atoms with E-state index in [1.165, 1.54) is 12.1 Å². The van der Waals surface area contributed by atoms with Crippen LogP contribution in [0.3, 0.4) is 0 Å². The molecule has 1 aromatic carbocycles. The van der Waals surface area contributed by atoms with E-state index in [0.717, 1.165) is 16.7 Å². The molecule has 0 spiro atoms. The van der Waals surface area contributed by atoms with Crippen LogP contribution in [0.25, 0.3) is 11.0 Å². The lowest BCUT2D eigenvalue weighted by atomic mass is 10.1. The third kappa shape index (κ3) is 1.80. The van der Waals surface area contributed by atoms with Crippen molar-refractivity contribution in [3.05, 3.63) is 60.0 Å². The van der Waals surface area contributed by atoms with Crippen LogP contribution >= 0.6 is 0 Å². The smallest absolute Gasteiger partial charge is 0.134 e. The predicted octanol–water partition coefficient (Wildman–Crippen LogP) is 3.47. The number of halogens is 1. The van der Waals surface area contributed by atoms with Gasteiger partial charge in [0.25, 0.3) is 0 Å². The quantitative estimate of drug-likeness (QED) is 0.767. The highest BCUT2D eigenvalue weighted by Crippen LogP contribution is 2.28. The maximum atomic E-state index is 13.1. The van der Waals surface area contributed by atoms with Crippen LogP contribution in [0.1, 0.15) is 17.4 Å². The van der Waals surface area contributed by atoms with Gasteiger partial charge in [-0.3, -0.25) is 0 Å². The SMILES string of the molecule is CNC(c1ccoc1)c1cc2cc(F)ccc2o1. The van der Waals surface area contributed by atoms with Gasteiger partial charge in [0.1, 0.15) is 17.2 Å². The highest BCUT2D eigenvalue weighted by molar-refractivity contribution is 5.78. The molecule has 0 saturated carbocycles. The van der Waals surface area contributed by atoms with Crippen molar-refractivity contribution in [2.45, 2.75) is 6.04 Å². The fraction of sp³-hybridized carbons (Fsp3) is 0.143. The minimum atomic E-state index is -0.265. The molecule has 1 unspecified atom stereocenters. The van der Waals surface area contributed by atoms with Crippen LogP contribution in [0.2, 0.25) is 0 Å². The van der Waals surface area contributed by atoms with E-state index in [0.29, 0.717) is 5.58 Å². The number of hydrogen-bond acceptors (Lipinski definition) is 3. The maximum Gasteiger partial charge on any atom is 0.134 e. The molecule has 0 aliphatic carbocycles. The first-order chi connectivity index (χ1) is 8.78. The summed E-state index contributed by atoms with van der Waals surface area (Å²) < 4.78 is 23.9. The Morgan fingerprint density at radius 3 is 2.83 bits per heavy atom. The van der Waals surface area contributed by atoms with Gasteiger partial charge in [-0.1, -0.05) is 0 Å². The van der Waals surface area contributed by atoms with Gasteiger partial charge < -0.3 is 14.2 Å².